The molecule has 0 saturated carbocycles. The Labute approximate surface area is 283 Å². The maximum Gasteiger partial charge on any atom is 0.325 e. The van der Waals surface area contributed by atoms with Crippen molar-refractivity contribution in [3.63, 3.8) is 0 Å². The molecule has 10 nitrogen and oxygen atoms in total. The maximum absolute atomic E-state index is 12.8. The fourth-order valence-corrected chi connectivity index (χ4v) is 5.27. The zero-order valence-electron chi connectivity index (χ0n) is 26.6. The Hall–Kier alpha value is -3.02. The fourth-order valence-electron chi connectivity index (χ4n) is 5.27. The van der Waals surface area contributed by atoms with Crippen molar-refractivity contribution in [1.82, 2.24) is 14.8 Å². The number of carbonyl (C=O) groups excluding carboxylic acids is 2. The van der Waals surface area contributed by atoms with Gasteiger partial charge in [0, 0.05) is 22.6 Å². The number of methoxy groups -OCH3 is 2. The summed E-state index contributed by atoms with van der Waals surface area (Å²) in [5, 5.41) is 1.07. The molecule has 1 heterocycles. The Balaban J connectivity index is 0.00000337. The number of para-hydroxylation sites is 1. The van der Waals surface area contributed by atoms with Crippen molar-refractivity contribution in [3.05, 3.63) is 47.5 Å². The summed E-state index contributed by atoms with van der Waals surface area (Å²) < 4.78 is 29.3. The number of aromatic nitrogens is 1. The first kappa shape index (κ1) is 40.0. The molecule has 0 fully saturated rings. The first-order valence-corrected chi connectivity index (χ1v) is 14.2. The van der Waals surface area contributed by atoms with Crippen LogP contribution in [0.4, 0.5) is 0 Å². The van der Waals surface area contributed by atoms with Crippen molar-refractivity contribution >= 4 is 60.1 Å². The van der Waals surface area contributed by atoms with E-state index in [1.165, 1.54) is 14.2 Å². The minimum atomic E-state index is -0.419. The molecule has 0 radical (unpaired) electrons. The standard InChI is InChI=1S/C32H41N3O7.3ClH/c1-34(2)19-27(36)41-29-23-14-11-21(17-18-40-26-16-13-22-9-7-8-10-25(22)33-26)12-15-24(23)30(32(39-6)31(29)38-5)42-28(37)20-35(3)4;;;/h7-10,13,16,21H,11-12,14-15,17-20H2,1-6H3;3*1H. The molecule has 0 amide bonds. The van der Waals surface area contributed by atoms with Crippen molar-refractivity contribution in [1.29, 1.82) is 0 Å². The smallest absolute Gasteiger partial charge is 0.325 e. The molecule has 13 heteroatoms. The Kier molecular flexibility index (Phi) is 16.7. The largest absolute Gasteiger partial charge is 0.490 e. The third-order valence-electron chi connectivity index (χ3n) is 7.22. The van der Waals surface area contributed by atoms with E-state index in [1.54, 1.807) is 38.0 Å². The van der Waals surface area contributed by atoms with Gasteiger partial charge < -0.3 is 23.7 Å². The number of hydrogen-bond acceptors (Lipinski definition) is 10. The van der Waals surface area contributed by atoms with Crippen LogP contribution in [0, 0.1) is 5.92 Å². The number of esters is 2. The van der Waals surface area contributed by atoms with Crippen molar-refractivity contribution in [2.45, 2.75) is 32.1 Å². The Bertz CT molecular complexity index is 1360. The van der Waals surface area contributed by atoms with Gasteiger partial charge in [-0.25, -0.2) is 4.98 Å². The summed E-state index contributed by atoms with van der Waals surface area (Å²) in [6, 6.07) is 11.9. The summed E-state index contributed by atoms with van der Waals surface area (Å²) in [7, 11) is 10.2. The van der Waals surface area contributed by atoms with Crippen LogP contribution in [0.2, 0.25) is 0 Å². The van der Waals surface area contributed by atoms with E-state index in [9.17, 15) is 9.59 Å². The predicted molar refractivity (Wildman–Crippen MR) is 182 cm³/mol. The van der Waals surface area contributed by atoms with Crippen molar-refractivity contribution in [2.24, 2.45) is 5.92 Å². The monoisotopic (exact) mass is 687 g/mol. The lowest BCUT2D eigenvalue weighted by Gasteiger charge is -2.23. The van der Waals surface area contributed by atoms with Crippen LogP contribution in [0.25, 0.3) is 10.9 Å². The third kappa shape index (κ3) is 10.5. The number of rotatable bonds is 12. The molecule has 1 aliphatic carbocycles. The minimum absolute atomic E-state index is 0. The number of fused-ring (bicyclic) bond motifs is 2. The molecule has 0 unspecified atom stereocenters. The van der Waals surface area contributed by atoms with Gasteiger partial charge in [-0.05, 0) is 78.3 Å². The van der Waals surface area contributed by atoms with Gasteiger partial charge in [-0.3, -0.25) is 19.4 Å². The van der Waals surface area contributed by atoms with Crippen LogP contribution >= 0.6 is 37.2 Å². The lowest BCUT2D eigenvalue weighted by molar-refractivity contribution is -0.136. The normalized spacial score (nSPS) is 12.6. The van der Waals surface area contributed by atoms with Crippen LogP contribution < -0.4 is 23.7 Å². The van der Waals surface area contributed by atoms with E-state index in [4.69, 9.17) is 23.7 Å². The van der Waals surface area contributed by atoms with E-state index < -0.39 is 11.9 Å². The fraction of sp³-hybridized carbons (Fsp3) is 0.469. The molecule has 0 saturated heterocycles. The Morgan fingerprint density at radius 1 is 0.756 bits per heavy atom. The van der Waals surface area contributed by atoms with Gasteiger partial charge in [-0.1, -0.05) is 18.2 Å². The molecular weight excluding hydrogens is 645 g/mol. The molecule has 3 aromatic rings. The van der Waals surface area contributed by atoms with Crippen LogP contribution in [-0.2, 0) is 22.4 Å². The quantitative estimate of drug-likeness (QED) is 0.139. The summed E-state index contributed by atoms with van der Waals surface area (Å²) in [5.74, 6) is 1.20. The van der Waals surface area contributed by atoms with E-state index in [0.717, 1.165) is 41.3 Å². The molecule has 2 aromatic carbocycles. The summed E-state index contributed by atoms with van der Waals surface area (Å²) >= 11 is 0. The van der Waals surface area contributed by atoms with Gasteiger partial charge >= 0.3 is 11.9 Å². The molecule has 0 atom stereocenters. The van der Waals surface area contributed by atoms with E-state index >= 15 is 0 Å². The lowest BCUT2D eigenvalue weighted by Crippen LogP contribution is -2.27. The van der Waals surface area contributed by atoms with Gasteiger partial charge in [0.05, 0.1) is 39.4 Å². The zero-order valence-corrected chi connectivity index (χ0v) is 29.1. The summed E-state index contributed by atoms with van der Waals surface area (Å²) in [6.07, 6.45) is 3.71. The number of benzene rings is 2. The molecule has 0 spiro atoms. The van der Waals surface area contributed by atoms with E-state index in [2.05, 4.69) is 4.98 Å². The SMILES string of the molecule is COc1c(OC(=O)CN(C)C)c2c(c(OC(=O)CN(C)C)c1OC)CCC(CCOc1ccc3ccccc3n1)CC2.Cl.Cl.Cl. The van der Waals surface area contributed by atoms with Crippen molar-refractivity contribution in [2.75, 3.05) is 62.1 Å². The van der Waals surface area contributed by atoms with Crippen molar-refractivity contribution in [3.8, 4) is 28.9 Å². The van der Waals surface area contributed by atoms with Crippen LogP contribution in [0.3, 0.4) is 0 Å². The average molecular weight is 689 g/mol. The Morgan fingerprint density at radius 3 is 1.76 bits per heavy atom. The molecule has 45 heavy (non-hydrogen) atoms. The second-order valence-corrected chi connectivity index (χ2v) is 11.0. The second kappa shape index (κ2) is 18.8. The van der Waals surface area contributed by atoms with Gasteiger partial charge in [0.25, 0.3) is 0 Å². The van der Waals surface area contributed by atoms with Gasteiger partial charge in [0.15, 0.2) is 11.5 Å². The van der Waals surface area contributed by atoms with Gasteiger partial charge in [0.1, 0.15) is 0 Å². The van der Waals surface area contributed by atoms with Gasteiger partial charge in [-0.2, -0.15) is 0 Å². The topological polar surface area (TPSA) is 99.7 Å². The number of likely N-dealkylation sites (N-methyl/N-ethyl adjacent to an activating group) is 2. The molecule has 0 aliphatic heterocycles. The molecule has 4 rings (SSSR count). The Morgan fingerprint density at radius 2 is 1.27 bits per heavy atom. The van der Waals surface area contributed by atoms with Gasteiger partial charge in [0.2, 0.25) is 17.4 Å². The summed E-state index contributed by atoms with van der Waals surface area (Å²) in [5.41, 5.74) is 2.49. The number of carbonyl (C=O) groups is 2. The van der Waals surface area contributed by atoms with Crippen LogP contribution in [0.1, 0.15) is 30.4 Å². The van der Waals surface area contributed by atoms with Crippen LogP contribution in [-0.4, -0.2) is 88.8 Å². The summed E-state index contributed by atoms with van der Waals surface area (Å²) in [6.45, 7) is 0.722. The van der Waals surface area contributed by atoms with E-state index in [1.807, 2.05) is 36.4 Å². The van der Waals surface area contributed by atoms with Crippen molar-refractivity contribution < 1.29 is 33.3 Å². The highest BCUT2D eigenvalue weighted by Gasteiger charge is 2.32. The zero-order chi connectivity index (χ0) is 30.2. The molecule has 1 aliphatic rings. The predicted octanol–water partition coefficient (Wildman–Crippen LogP) is 5.42. The number of ether oxygens (including phenoxy) is 5. The number of nitrogens with zero attached hydrogens (tertiary/aromatic N) is 3. The molecular formula is C32H44Cl3N3O7. The lowest BCUT2D eigenvalue weighted by atomic mass is 9.96. The van der Waals surface area contributed by atoms with Crippen LogP contribution in [0.5, 0.6) is 28.9 Å². The maximum atomic E-state index is 12.8. The highest BCUT2D eigenvalue weighted by Crippen LogP contribution is 2.52. The highest BCUT2D eigenvalue weighted by molar-refractivity contribution is 5.86. The first-order valence-electron chi connectivity index (χ1n) is 14.2. The number of pyridine rings is 1. The number of halogens is 3. The summed E-state index contributed by atoms with van der Waals surface area (Å²) in [4.78, 5) is 33.7. The average Bonchev–Trinajstić information content (AvgIpc) is 3.16. The number of hydrogen-bond donors (Lipinski definition) is 0. The minimum Gasteiger partial charge on any atom is -0.490 e. The molecule has 1 aromatic heterocycles. The third-order valence-corrected chi connectivity index (χ3v) is 7.22. The first-order chi connectivity index (χ1) is 20.2. The second-order valence-electron chi connectivity index (χ2n) is 11.0. The molecule has 250 valence electrons. The molecule has 0 bridgehead atoms. The highest BCUT2D eigenvalue weighted by atomic mass is 35.5. The van der Waals surface area contributed by atoms with Gasteiger partial charge in [-0.15, -0.1) is 37.2 Å². The van der Waals surface area contributed by atoms with E-state index in [-0.39, 0.29) is 61.8 Å². The van der Waals surface area contributed by atoms with Crippen LogP contribution in [0.15, 0.2) is 36.4 Å². The van der Waals surface area contributed by atoms with E-state index in [0.29, 0.717) is 42.7 Å². The molecule has 0 N–H and O–H groups in total.